The number of pyridine rings is 1. The molecule has 0 radical (unpaired) electrons. The van der Waals surface area contributed by atoms with Gasteiger partial charge in [-0.3, -0.25) is 9.59 Å². The fourth-order valence-electron chi connectivity index (χ4n) is 5.50. The van der Waals surface area contributed by atoms with Crippen molar-refractivity contribution in [1.29, 1.82) is 0 Å². The van der Waals surface area contributed by atoms with E-state index >= 15 is 0 Å². The lowest BCUT2D eigenvalue weighted by Gasteiger charge is -2.29. The zero-order valence-electron chi connectivity index (χ0n) is 23.5. The topological polar surface area (TPSA) is 96.2 Å². The Kier molecular flexibility index (Phi) is 8.50. The third kappa shape index (κ3) is 6.54. The second kappa shape index (κ2) is 12.4. The molecule has 2 aromatic carbocycles. The predicted octanol–water partition coefficient (Wildman–Crippen LogP) is 4.32. The van der Waals surface area contributed by atoms with E-state index in [-0.39, 0.29) is 24.4 Å². The molecule has 0 bridgehead atoms. The van der Waals surface area contributed by atoms with E-state index in [1.807, 2.05) is 50.0 Å². The van der Waals surface area contributed by atoms with Crippen LogP contribution in [0.2, 0.25) is 0 Å². The lowest BCUT2D eigenvalue weighted by atomic mass is 10.0. The summed E-state index contributed by atoms with van der Waals surface area (Å²) in [6, 6.07) is 18.3. The molecule has 1 N–H and O–H groups in total. The van der Waals surface area contributed by atoms with Crippen molar-refractivity contribution in [2.75, 3.05) is 32.5 Å². The number of carbonyl (C=O) groups excluding carboxylic acids is 2. The number of likely N-dealkylation sites (N-methyl/N-ethyl adjacent to an activating group) is 1. The molecule has 0 aliphatic heterocycles. The molecule has 4 aromatic rings. The van der Waals surface area contributed by atoms with Crippen LogP contribution < -0.4 is 5.32 Å². The first-order valence-corrected chi connectivity index (χ1v) is 14.0. The first kappa shape index (κ1) is 27.5. The van der Waals surface area contributed by atoms with Gasteiger partial charge >= 0.3 is 0 Å². The number of aromatic nitrogens is 4. The lowest BCUT2D eigenvalue weighted by molar-refractivity contribution is -0.133. The van der Waals surface area contributed by atoms with Gasteiger partial charge in [0.15, 0.2) is 5.82 Å². The molecule has 2 heterocycles. The second-order valence-electron chi connectivity index (χ2n) is 10.8. The monoisotopic (exact) mass is 539 g/mol. The quantitative estimate of drug-likeness (QED) is 0.323. The van der Waals surface area contributed by atoms with E-state index in [2.05, 4.69) is 44.5 Å². The first-order chi connectivity index (χ1) is 19.4. The van der Waals surface area contributed by atoms with E-state index in [0.29, 0.717) is 31.2 Å². The van der Waals surface area contributed by atoms with Crippen LogP contribution in [-0.2, 0) is 22.6 Å². The van der Waals surface area contributed by atoms with Crippen LogP contribution in [0.3, 0.4) is 0 Å². The van der Waals surface area contributed by atoms with Crippen LogP contribution in [0.15, 0.2) is 60.8 Å². The van der Waals surface area contributed by atoms with Gasteiger partial charge in [0.1, 0.15) is 11.6 Å². The first-order valence-electron chi connectivity index (χ1n) is 14.0. The minimum Gasteiger partial charge on any atom is -0.338 e. The number of anilines is 1. The van der Waals surface area contributed by atoms with E-state index in [9.17, 15) is 9.59 Å². The highest BCUT2D eigenvalue weighted by molar-refractivity contribution is 5.92. The van der Waals surface area contributed by atoms with Crippen LogP contribution in [0.4, 0.5) is 5.82 Å². The summed E-state index contributed by atoms with van der Waals surface area (Å²) in [6.45, 7) is 3.35. The summed E-state index contributed by atoms with van der Waals surface area (Å²) in [4.78, 5) is 38.7. The Labute approximate surface area is 235 Å². The lowest BCUT2D eigenvalue weighted by Crippen LogP contribution is -2.42. The van der Waals surface area contributed by atoms with Crippen molar-refractivity contribution in [3.63, 3.8) is 0 Å². The largest absolute Gasteiger partial charge is 0.338 e. The van der Waals surface area contributed by atoms with Crippen LogP contribution in [-0.4, -0.2) is 74.6 Å². The van der Waals surface area contributed by atoms with Gasteiger partial charge in [0, 0.05) is 24.3 Å². The van der Waals surface area contributed by atoms with Gasteiger partial charge in [-0.2, -0.15) is 5.10 Å². The zero-order chi connectivity index (χ0) is 28.1. The fraction of sp³-hybridized carbons (Fsp3) is 0.387. The summed E-state index contributed by atoms with van der Waals surface area (Å²) in [5.41, 5.74) is 1.84. The van der Waals surface area contributed by atoms with Gasteiger partial charge in [-0.25, -0.2) is 14.6 Å². The van der Waals surface area contributed by atoms with Crippen molar-refractivity contribution in [2.24, 2.45) is 0 Å². The molecule has 1 aliphatic rings. The van der Waals surface area contributed by atoms with E-state index in [4.69, 9.17) is 5.10 Å². The van der Waals surface area contributed by atoms with Crippen molar-refractivity contribution >= 4 is 28.4 Å². The molecule has 0 saturated heterocycles. The Morgan fingerprint density at radius 3 is 2.62 bits per heavy atom. The van der Waals surface area contributed by atoms with Crippen LogP contribution in [0.1, 0.15) is 37.1 Å². The summed E-state index contributed by atoms with van der Waals surface area (Å²) in [6.07, 6.45) is 6.43. The van der Waals surface area contributed by atoms with E-state index in [1.54, 1.807) is 17.2 Å². The van der Waals surface area contributed by atoms with Gasteiger partial charge in [-0.15, -0.1) is 0 Å². The van der Waals surface area contributed by atoms with Crippen molar-refractivity contribution in [1.82, 2.24) is 29.5 Å². The van der Waals surface area contributed by atoms with Crippen molar-refractivity contribution in [2.45, 2.75) is 51.6 Å². The average Bonchev–Trinajstić information content (AvgIpc) is 3.59. The normalized spacial score (nSPS) is 13.7. The number of hydrogen-bond donors (Lipinski definition) is 1. The summed E-state index contributed by atoms with van der Waals surface area (Å²) in [5, 5.41) is 9.86. The summed E-state index contributed by atoms with van der Waals surface area (Å²) >= 11 is 0. The molecule has 1 fully saturated rings. The highest BCUT2D eigenvalue weighted by Crippen LogP contribution is 2.26. The molecule has 5 rings (SSSR count). The average molecular weight is 540 g/mol. The van der Waals surface area contributed by atoms with E-state index < -0.39 is 0 Å². The minimum absolute atomic E-state index is 0.135. The van der Waals surface area contributed by atoms with Gasteiger partial charge in [0.05, 0.1) is 19.5 Å². The van der Waals surface area contributed by atoms with E-state index in [1.165, 1.54) is 0 Å². The molecule has 1 aliphatic carbocycles. The van der Waals surface area contributed by atoms with Gasteiger partial charge < -0.3 is 15.1 Å². The third-order valence-electron chi connectivity index (χ3n) is 7.46. The van der Waals surface area contributed by atoms with Crippen molar-refractivity contribution in [3.8, 4) is 11.4 Å². The van der Waals surface area contributed by atoms with Crippen LogP contribution in [0.25, 0.3) is 22.2 Å². The summed E-state index contributed by atoms with van der Waals surface area (Å²) in [5.74, 6) is 1.83. The third-order valence-corrected chi connectivity index (χ3v) is 7.46. The number of carbonyl (C=O) groups is 2. The maximum atomic E-state index is 13.7. The Morgan fingerprint density at radius 1 is 1.05 bits per heavy atom. The number of nitrogens with zero attached hydrogens (tertiary/aromatic N) is 6. The standard InChI is InChI=1S/C31H37N7O2/c1-22-33-31(25-15-16-32-28(19-25)34-29(39)21-36(2)3)35-38(22)18-17-37(26-12-5-6-13-26)30(40)20-24-11-8-10-23-9-4-7-14-27(23)24/h4,7-11,14-16,19,26H,5-6,12-13,17-18,20-21H2,1-3H3,(H,32,34,39). The number of fused-ring (bicyclic) bond motifs is 1. The maximum absolute atomic E-state index is 13.7. The Morgan fingerprint density at radius 2 is 1.82 bits per heavy atom. The maximum Gasteiger partial charge on any atom is 0.239 e. The molecule has 9 heteroatoms. The minimum atomic E-state index is -0.135. The number of hydrogen-bond acceptors (Lipinski definition) is 6. The Bertz CT molecular complexity index is 1480. The number of aryl methyl sites for hydroxylation is 1. The number of nitrogens with one attached hydrogen (secondary N) is 1. The Hall–Kier alpha value is -4.11. The molecule has 2 amide bonds. The molecular weight excluding hydrogens is 502 g/mol. The van der Waals surface area contributed by atoms with Gasteiger partial charge in [0.25, 0.3) is 0 Å². The van der Waals surface area contributed by atoms with Crippen molar-refractivity contribution in [3.05, 3.63) is 72.2 Å². The predicted molar refractivity (Wildman–Crippen MR) is 157 cm³/mol. The number of rotatable bonds is 10. The van der Waals surface area contributed by atoms with Gasteiger partial charge in [0.2, 0.25) is 11.8 Å². The SMILES string of the molecule is Cc1nc(-c2ccnc(NC(=O)CN(C)C)c2)nn1CCN(C(=O)Cc1cccc2ccccc12)C1CCCC1. The van der Waals surface area contributed by atoms with Crippen LogP contribution >= 0.6 is 0 Å². The molecule has 40 heavy (non-hydrogen) atoms. The fourth-order valence-corrected chi connectivity index (χ4v) is 5.50. The summed E-state index contributed by atoms with van der Waals surface area (Å²) < 4.78 is 1.87. The number of benzene rings is 2. The van der Waals surface area contributed by atoms with Crippen molar-refractivity contribution < 1.29 is 9.59 Å². The Balaban J connectivity index is 1.30. The molecule has 0 unspecified atom stereocenters. The van der Waals surface area contributed by atoms with Gasteiger partial charge in [-0.1, -0.05) is 55.3 Å². The summed E-state index contributed by atoms with van der Waals surface area (Å²) in [7, 11) is 3.68. The number of amides is 2. The van der Waals surface area contributed by atoms with Crippen LogP contribution in [0.5, 0.6) is 0 Å². The highest BCUT2D eigenvalue weighted by Gasteiger charge is 2.27. The molecule has 0 atom stereocenters. The van der Waals surface area contributed by atoms with E-state index in [0.717, 1.165) is 53.4 Å². The molecule has 1 saturated carbocycles. The molecular formula is C31H37N7O2. The molecule has 208 valence electrons. The smallest absolute Gasteiger partial charge is 0.239 e. The second-order valence-corrected chi connectivity index (χ2v) is 10.8. The molecule has 0 spiro atoms. The zero-order valence-corrected chi connectivity index (χ0v) is 23.5. The highest BCUT2D eigenvalue weighted by atomic mass is 16.2. The molecule has 9 nitrogen and oxygen atoms in total. The van der Waals surface area contributed by atoms with Crippen LogP contribution in [0, 0.1) is 6.92 Å². The van der Waals surface area contributed by atoms with Gasteiger partial charge in [-0.05, 0) is 62.3 Å². The molecule has 2 aromatic heterocycles.